The van der Waals surface area contributed by atoms with Crippen molar-refractivity contribution in [2.24, 2.45) is 94.0 Å². The van der Waals surface area contributed by atoms with Crippen molar-refractivity contribution in [2.75, 3.05) is 72.2 Å². The number of aliphatic hydroxyl groups excluding tert-OH is 4. The molecule has 1 aromatic carbocycles. The Labute approximate surface area is 656 Å². The number of rotatable bonds is 53. The zero-order valence-corrected chi connectivity index (χ0v) is 63.9. The maximum Gasteiger partial charge on any atom is 0.322 e. The fraction of sp³-hybridized carbons (Fsp3) is 0.621. The number of carboxylic acid groups (broad SMARTS) is 1. The summed E-state index contributed by atoms with van der Waals surface area (Å²) in [6.45, 7) is -1.24. The fourth-order valence-corrected chi connectivity index (χ4v) is 11.0. The number of likely N-dealkylation sites (tertiary alicyclic amines) is 1. The number of carbonyl (C=O) groups excluding carboxylic acids is 13. The SMILES string of the molecule is CC(C)[C@H](NC(=O)[C@H](CCCN=C(N)N)NC(=O)[C@H](CO)NC(=O)[C@H](C)NC(=O)[C@@H]1CCCN1C(=O)[C@H](CCCN=C(N)N)NC(=O)[C@H](CO)NC(=O)[C@@H](N)Cc1ccccc1)C(=O)N[C@@H](CO)C(=O)N[C@@H](CCCN=C(N)N)C(=O)N[C@@H](CCCN=C(N)N)C(=O)N[C@@H](CO)C(=O)N[C@@H](CCCN=C(N)N)C(=O)NCC(=O)O. The van der Waals surface area contributed by atoms with Gasteiger partial charge in [0.15, 0.2) is 29.8 Å². The van der Waals surface area contributed by atoms with E-state index >= 15 is 0 Å². The summed E-state index contributed by atoms with van der Waals surface area (Å²) in [5.41, 5.74) is 61.6. The molecule has 0 unspecified atom stereocenters. The zero-order chi connectivity index (χ0) is 85.7. The van der Waals surface area contributed by atoms with Gasteiger partial charge in [-0.1, -0.05) is 44.2 Å². The summed E-state index contributed by atoms with van der Waals surface area (Å²) in [6, 6.07) is -11.5. The van der Waals surface area contributed by atoms with Gasteiger partial charge in [0.2, 0.25) is 76.8 Å². The van der Waals surface area contributed by atoms with Gasteiger partial charge in [-0.3, -0.25) is 92.1 Å². The lowest BCUT2D eigenvalue weighted by atomic mass is 10.0. The van der Waals surface area contributed by atoms with Crippen LogP contribution in [0.5, 0.6) is 0 Å². The molecule has 0 saturated carbocycles. The van der Waals surface area contributed by atoms with Crippen LogP contribution in [0.1, 0.15) is 103 Å². The topological polar surface area (TPSA) is 836 Å². The molecule has 0 aromatic heterocycles. The van der Waals surface area contributed by atoms with Crippen LogP contribution in [0.4, 0.5) is 0 Å². The fourth-order valence-electron chi connectivity index (χ4n) is 11.0. The van der Waals surface area contributed by atoms with Crippen LogP contribution in [0, 0.1) is 5.92 Å². The highest BCUT2D eigenvalue weighted by Gasteiger charge is 2.41. The largest absolute Gasteiger partial charge is 0.480 e. The number of nitrogens with one attached hydrogen (secondary N) is 12. The second kappa shape index (κ2) is 52.2. The van der Waals surface area contributed by atoms with Gasteiger partial charge in [-0.2, -0.15) is 0 Å². The molecule has 1 aliphatic heterocycles. The highest BCUT2D eigenvalue weighted by molar-refractivity contribution is 6.00. The van der Waals surface area contributed by atoms with Gasteiger partial charge in [0.05, 0.1) is 32.5 Å². The van der Waals surface area contributed by atoms with E-state index in [0.717, 1.165) is 5.56 Å². The second-order valence-corrected chi connectivity index (χ2v) is 26.6. The Balaban J connectivity index is 2.39. The number of aliphatic hydroxyl groups is 4. The molecular formula is C66H115N29O19. The van der Waals surface area contributed by atoms with Gasteiger partial charge >= 0.3 is 5.97 Å². The molecular weight excluding hydrogens is 1500 g/mol. The lowest BCUT2D eigenvalue weighted by Crippen LogP contribution is -2.62. The number of hydrogen-bond acceptors (Lipinski definition) is 24. The van der Waals surface area contributed by atoms with E-state index in [1.165, 1.54) is 25.7 Å². The predicted molar refractivity (Wildman–Crippen MR) is 413 cm³/mol. The van der Waals surface area contributed by atoms with Crippen LogP contribution in [0.2, 0.25) is 0 Å². The Bertz CT molecular complexity index is 3510. The lowest BCUT2D eigenvalue weighted by molar-refractivity contribution is -0.142. The molecule has 0 spiro atoms. The monoisotopic (exact) mass is 1620 g/mol. The maximum atomic E-state index is 14.4. The number of nitrogens with two attached hydrogens (primary N) is 11. The molecule has 39 N–H and O–H groups in total. The molecule has 48 nitrogen and oxygen atoms in total. The Morgan fingerprint density at radius 1 is 0.412 bits per heavy atom. The van der Waals surface area contributed by atoms with E-state index in [1.54, 1.807) is 30.3 Å². The summed E-state index contributed by atoms with van der Waals surface area (Å²) in [5, 5.41) is 79.4. The standard InChI is InChI=1S/C66H115N29O19/c1-33(2)48(60(113)93-45(32-99)57(110)87-38(16-8-22-79-63(70)71)52(105)86-39(17-9-23-80-64(72)73)53(106)92-44(31-98)56(109)85-37(15-7-21-78-62(68)69)51(104)83-28-47(100)101)94-54(107)40(18-10-24-81-65(74)75)88-55(108)42(29-96)90-49(102)34(3)84-59(112)46-20-12-26-95(46)61(114)41(19-11-25-82-66(76)77)89-58(111)43(30-97)91-50(103)36(67)27-35-13-5-4-6-14-35/h4-6,13-14,33-34,36-46,48,96-99H,7-12,15-32,67H2,1-3H3,(H,83,104)(H,84,112)(H,85,109)(H,86,105)(H,87,110)(H,88,108)(H,89,111)(H,90,102)(H,91,103)(H,92,106)(H,93,113)(H,94,107)(H,100,101)(H4,68,69,78)(H4,70,71,79)(H4,72,73,80)(H4,74,75,81)(H4,76,77,82)/t34-,36-,37-,38-,39-,40-,41-,42-,43-,44-,45-,46-,48-/m0/s1. The van der Waals surface area contributed by atoms with Gasteiger partial charge in [-0.25, -0.2) is 0 Å². The Morgan fingerprint density at radius 2 is 0.728 bits per heavy atom. The first-order valence-corrected chi connectivity index (χ1v) is 36.5. The maximum absolute atomic E-state index is 14.4. The molecule has 0 bridgehead atoms. The molecule has 1 heterocycles. The Morgan fingerprint density at radius 3 is 1.09 bits per heavy atom. The van der Waals surface area contributed by atoms with E-state index in [1.807, 2.05) is 0 Å². The number of nitrogens with zero attached hydrogens (tertiary/aromatic N) is 6. The number of benzene rings is 1. The normalized spacial score (nSPS) is 15.4. The summed E-state index contributed by atoms with van der Waals surface area (Å²) in [5.74, 6) is -17.0. The highest BCUT2D eigenvalue weighted by Crippen LogP contribution is 2.21. The average Bonchev–Trinajstić information content (AvgIpc) is 1.63. The Hall–Kier alpha value is -12.0. The van der Waals surface area contributed by atoms with Crippen LogP contribution < -0.4 is 127 Å². The van der Waals surface area contributed by atoms with Crippen LogP contribution in [0.25, 0.3) is 0 Å². The van der Waals surface area contributed by atoms with Gasteiger partial charge in [-0.05, 0) is 102 Å². The van der Waals surface area contributed by atoms with Crippen molar-refractivity contribution in [2.45, 2.75) is 183 Å². The number of aliphatic imine (C=N–C) groups is 5. The molecule has 114 heavy (non-hydrogen) atoms. The van der Waals surface area contributed by atoms with Crippen molar-refractivity contribution < 1.29 is 92.7 Å². The predicted octanol–water partition coefficient (Wildman–Crippen LogP) is -14.0. The minimum absolute atomic E-state index is 0.0000581. The first kappa shape index (κ1) is 98.0. The minimum Gasteiger partial charge on any atom is -0.480 e. The van der Waals surface area contributed by atoms with Gasteiger partial charge < -0.3 is 157 Å². The summed E-state index contributed by atoms with van der Waals surface area (Å²) < 4.78 is 0. The summed E-state index contributed by atoms with van der Waals surface area (Å²) in [7, 11) is 0. The molecule has 1 aliphatic rings. The van der Waals surface area contributed by atoms with E-state index in [0.29, 0.717) is 0 Å². The van der Waals surface area contributed by atoms with E-state index in [9.17, 15) is 87.5 Å². The van der Waals surface area contributed by atoms with Crippen molar-refractivity contribution in [3.8, 4) is 0 Å². The number of aliphatic carboxylic acids is 1. The van der Waals surface area contributed by atoms with Gasteiger partial charge in [0.25, 0.3) is 0 Å². The van der Waals surface area contributed by atoms with E-state index in [2.05, 4.69) is 88.8 Å². The van der Waals surface area contributed by atoms with Crippen molar-refractivity contribution in [1.82, 2.24) is 68.7 Å². The van der Waals surface area contributed by atoms with Crippen LogP contribution in [-0.4, -0.2) is 294 Å². The zero-order valence-electron chi connectivity index (χ0n) is 63.9. The molecule has 0 aliphatic carbocycles. The molecule has 13 amide bonds. The van der Waals surface area contributed by atoms with Crippen LogP contribution in [0.15, 0.2) is 55.3 Å². The highest BCUT2D eigenvalue weighted by atomic mass is 16.4. The molecule has 1 aromatic rings. The van der Waals surface area contributed by atoms with Crippen molar-refractivity contribution in [1.29, 1.82) is 0 Å². The Kier molecular flexibility index (Phi) is 44.9. The van der Waals surface area contributed by atoms with Crippen LogP contribution in [0.3, 0.4) is 0 Å². The average molecular weight is 1620 g/mol. The van der Waals surface area contributed by atoms with Gasteiger partial charge in [-0.15, -0.1) is 0 Å². The number of carboxylic acids is 1. The molecule has 2 rings (SSSR count). The smallest absolute Gasteiger partial charge is 0.322 e. The van der Waals surface area contributed by atoms with Crippen molar-refractivity contribution >= 4 is 113 Å². The van der Waals surface area contributed by atoms with Crippen molar-refractivity contribution in [3.63, 3.8) is 0 Å². The molecule has 1 saturated heterocycles. The quantitative estimate of drug-likeness (QED) is 0.0164. The first-order chi connectivity index (χ1) is 53.9. The second-order valence-electron chi connectivity index (χ2n) is 26.6. The number of hydrogen-bond donors (Lipinski definition) is 28. The van der Waals surface area contributed by atoms with E-state index in [4.69, 9.17) is 68.2 Å². The number of guanidine groups is 5. The third kappa shape index (κ3) is 37.3. The van der Waals surface area contributed by atoms with Crippen molar-refractivity contribution in [3.05, 3.63) is 35.9 Å². The van der Waals surface area contributed by atoms with Gasteiger partial charge in [0, 0.05) is 39.3 Å². The molecule has 638 valence electrons. The third-order valence-corrected chi connectivity index (χ3v) is 17.0. The lowest BCUT2D eigenvalue weighted by Gasteiger charge is -2.30. The van der Waals surface area contributed by atoms with E-state index < -0.39 is 200 Å². The molecule has 13 atom stereocenters. The third-order valence-electron chi connectivity index (χ3n) is 17.0. The number of carbonyl (C=O) groups is 14. The van der Waals surface area contributed by atoms with Crippen LogP contribution >= 0.6 is 0 Å². The summed E-state index contributed by atoms with van der Waals surface area (Å²) >= 11 is 0. The van der Waals surface area contributed by atoms with Gasteiger partial charge in [0.1, 0.15) is 79.0 Å². The first-order valence-electron chi connectivity index (χ1n) is 36.5. The molecule has 1 fully saturated rings. The number of amides is 13. The summed E-state index contributed by atoms with van der Waals surface area (Å²) in [4.78, 5) is 212. The molecule has 48 heteroatoms. The van der Waals surface area contributed by atoms with E-state index in [-0.39, 0.29) is 153 Å². The minimum atomic E-state index is -1.90. The summed E-state index contributed by atoms with van der Waals surface area (Å²) in [6.07, 6.45) is -0.559. The molecule has 0 radical (unpaired) electrons. The van der Waals surface area contributed by atoms with Crippen LogP contribution in [-0.2, 0) is 73.5 Å².